The third-order valence-corrected chi connectivity index (χ3v) is 4.52. The number of carbonyl (C=O) groups excluding carboxylic acids is 1. The first-order valence-electron chi connectivity index (χ1n) is 8.56. The van der Waals surface area contributed by atoms with E-state index < -0.39 is 0 Å². The zero-order valence-electron chi connectivity index (χ0n) is 14.5. The molecule has 0 unspecified atom stereocenters. The molecule has 4 nitrogen and oxygen atoms in total. The number of fused-ring (bicyclic) bond motifs is 2. The molecule has 0 atom stereocenters. The monoisotopic (exact) mass is 345 g/mol. The summed E-state index contributed by atoms with van der Waals surface area (Å²) in [6, 6.07) is 19.5. The van der Waals surface area contributed by atoms with Crippen molar-refractivity contribution in [1.82, 2.24) is 4.98 Å². The van der Waals surface area contributed by atoms with E-state index in [1.54, 1.807) is 7.11 Å². The summed E-state index contributed by atoms with van der Waals surface area (Å²) in [5, 5.41) is 3.20. The molecule has 0 saturated carbocycles. The molecule has 0 aliphatic carbocycles. The lowest BCUT2D eigenvalue weighted by atomic mass is 10.1. The highest BCUT2D eigenvalue weighted by Crippen LogP contribution is 2.25. The third-order valence-electron chi connectivity index (χ3n) is 4.52. The molecule has 26 heavy (non-hydrogen) atoms. The topological polar surface area (TPSA) is 51.3 Å². The normalized spacial score (nSPS) is 11.0. The second kappa shape index (κ2) is 6.92. The first-order valence-corrected chi connectivity index (χ1v) is 8.56. The van der Waals surface area contributed by atoms with Gasteiger partial charge in [-0.2, -0.15) is 0 Å². The van der Waals surface area contributed by atoms with E-state index in [0.717, 1.165) is 33.0 Å². The van der Waals surface area contributed by atoms with Crippen molar-refractivity contribution in [2.24, 2.45) is 0 Å². The molecule has 4 aromatic rings. The van der Waals surface area contributed by atoms with Gasteiger partial charge in [0.2, 0.25) is 0 Å². The van der Waals surface area contributed by atoms with Crippen LogP contribution in [0.1, 0.15) is 12.0 Å². The van der Waals surface area contributed by atoms with Gasteiger partial charge in [-0.1, -0.05) is 30.3 Å². The first kappa shape index (κ1) is 16.2. The quantitative estimate of drug-likeness (QED) is 0.415. The smallest absolute Gasteiger partial charge is 0.311 e. The van der Waals surface area contributed by atoms with Crippen molar-refractivity contribution in [3.63, 3.8) is 0 Å². The van der Waals surface area contributed by atoms with Crippen molar-refractivity contribution in [1.29, 1.82) is 0 Å². The van der Waals surface area contributed by atoms with Crippen molar-refractivity contribution in [3.05, 3.63) is 72.4 Å². The van der Waals surface area contributed by atoms with E-state index in [1.807, 2.05) is 60.8 Å². The van der Waals surface area contributed by atoms with Crippen LogP contribution in [0.25, 0.3) is 21.7 Å². The Hall–Kier alpha value is -3.27. The van der Waals surface area contributed by atoms with Crippen LogP contribution in [-0.2, 0) is 11.2 Å². The van der Waals surface area contributed by atoms with Gasteiger partial charge in [-0.05, 0) is 53.1 Å². The Bertz CT molecular complexity index is 1080. The lowest BCUT2D eigenvalue weighted by molar-refractivity contribution is -0.134. The van der Waals surface area contributed by atoms with Crippen LogP contribution in [0.4, 0.5) is 0 Å². The van der Waals surface area contributed by atoms with Crippen LogP contribution in [0.2, 0.25) is 0 Å². The zero-order valence-corrected chi connectivity index (χ0v) is 14.5. The molecule has 0 amide bonds. The summed E-state index contributed by atoms with van der Waals surface area (Å²) in [4.78, 5) is 15.5. The number of esters is 1. The summed E-state index contributed by atoms with van der Waals surface area (Å²) in [5.74, 6) is 1.09. The van der Waals surface area contributed by atoms with Gasteiger partial charge in [0.05, 0.1) is 13.5 Å². The Balaban J connectivity index is 1.45. The summed E-state index contributed by atoms with van der Waals surface area (Å²) in [6.07, 6.45) is 2.93. The van der Waals surface area contributed by atoms with Crippen molar-refractivity contribution < 1.29 is 14.3 Å². The van der Waals surface area contributed by atoms with Crippen LogP contribution < -0.4 is 9.47 Å². The van der Waals surface area contributed by atoms with Crippen molar-refractivity contribution in [3.8, 4) is 11.5 Å². The number of ether oxygens (including phenoxy) is 2. The third kappa shape index (κ3) is 3.26. The van der Waals surface area contributed by atoms with Gasteiger partial charge in [0, 0.05) is 17.1 Å². The van der Waals surface area contributed by atoms with Gasteiger partial charge in [0.1, 0.15) is 11.5 Å². The molecule has 130 valence electrons. The fourth-order valence-corrected chi connectivity index (χ4v) is 3.15. The minimum absolute atomic E-state index is 0.238. The molecular formula is C22H19NO3. The summed E-state index contributed by atoms with van der Waals surface area (Å²) in [6.45, 7) is 0. The Morgan fingerprint density at radius 2 is 1.73 bits per heavy atom. The highest BCUT2D eigenvalue weighted by molar-refractivity contribution is 5.86. The number of rotatable bonds is 5. The average Bonchev–Trinajstić information content (AvgIpc) is 3.09. The lowest BCUT2D eigenvalue weighted by Crippen LogP contribution is -2.08. The van der Waals surface area contributed by atoms with Crippen LogP contribution in [0, 0.1) is 0 Å². The first-order chi connectivity index (χ1) is 12.7. The number of hydrogen-bond donors (Lipinski definition) is 1. The predicted octanol–water partition coefficient (Wildman–Crippen LogP) is 4.87. The van der Waals surface area contributed by atoms with E-state index in [0.29, 0.717) is 18.6 Å². The molecule has 0 radical (unpaired) electrons. The number of aromatic nitrogens is 1. The molecule has 0 aliphatic heterocycles. The SMILES string of the molecule is COc1ccc2ccc(OC(=O)CCc3c[nH]c4ccccc34)cc2c1. The second-order valence-electron chi connectivity index (χ2n) is 6.21. The molecule has 0 fully saturated rings. The second-order valence-corrected chi connectivity index (χ2v) is 6.21. The van der Waals surface area contributed by atoms with Crippen molar-refractivity contribution in [2.45, 2.75) is 12.8 Å². The van der Waals surface area contributed by atoms with Crippen LogP contribution in [-0.4, -0.2) is 18.1 Å². The zero-order chi connectivity index (χ0) is 17.9. The molecule has 0 saturated heterocycles. The number of para-hydroxylation sites is 1. The average molecular weight is 345 g/mol. The highest BCUT2D eigenvalue weighted by atomic mass is 16.5. The summed E-state index contributed by atoms with van der Waals surface area (Å²) in [7, 11) is 1.63. The maximum atomic E-state index is 12.2. The molecule has 0 bridgehead atoms. The molecule has 1 N–H and O–H groups in total. The number of aromatic amines is 1. The minimum atomic E-state index is -0.238. The van der Waals surface area contributed by atoms with E-state index in [9.17, 15) is 4.79 Å². The molecule has 0 spiro atoms. The van der Waals surface area contributed by atoms with Gasteiger partial charge in [0.15, 0.2) is 0 Å². The Labute approximate surface area is 151 Å². The van der Waals surface area contributed by atoms with Crippen LogP contribution in [0.15, 0.2) is 66.9 Å². The van der Waals surface area contributed by atoms with E-state index in [2.05, 4.69) is 11.1 Å². The largest absolute Gasteiger partial charge is 0.497 e. The van der Waals surface area contributed by atoms with Gasteiger partial charge >= 0.3 is 5.97 Å². The standard InChI is InChI=1S/C22H19NO3/c1-25-18-9-6-15-7-10-19(13-17(15)12-18)26-22(24)11-8-16-14-23-21-5-3-2-4-20(16)21/h2-7,9-10,12-14,23H,8,11H2,1H3. The molecular weight excluding hydrogens is 326 g/mol. The van der Waals surface area contributed by atoms with E-state index >= 15 is 0 Å². The maximum absolute atomic E-state index is 12.2. The molecule has 1 heterocycles. The number of hydrogen-bond acceptors (Lipinski definition) is 3. The Morgan fingerprint density at radius 3 is 2.58 bits per heavy atom. The van der Waals surface area contributed by atoms with Gasteiger partial charge in [-0.25, -0.2) is 0 Å². The van der Waals surface area contributed by atoms with E-state index in [4.69, 9.17) is 9.47 Å². The van der Waals surface area contributed by atoms with Crippen molar-refractivity contribution in [2.75, 3.05) is 7.11 Å². The lowest BCUT2D eigenvalue weighted by Gasteiger charge is -2.07. The highest BCUT2D eigenvalue weighted by Gasteiger charge is 2.09. The fourth-order valence-electron chi connectivity index (χ4n) is 3.15. The van der Waals surface area contributed by atoms with Crippen molar-refractivity contribution >= 4 is 27.6 Å². The number of methoxy groups -OCH3 is 1. The van der Waals surface area contributed by atoms with Crippen LogP contribution in [0.3, 0.4) is 0 Å². The Kier molecular flexibility index (Phi) is 4.32. The molecule has 4 heteroatoms. The summed E-state index contributed by atoms with van der Waals surface area (Å²) >= 11 is 0. The number of aryl methyl sites for hydroxylation is 1. The molecule has 4 rings (SSSR count). The number of benzene rings is 3. The Morgan fingerprint density at radius 1 is 0.962 bits per heavy atom. The van der Waals surface area contributed by atoms with Gasteiger partial charge in [-0.3, -0.25) is 4.79 Å². The number of H-pyrrole nitrogens is 1. The number of carbonyl (C=O) groups is 1. The minimum Gasteiger partial charge on any atom is -0.497 e. The fraction of sp³-hybridized carbons (Fsp3) is 0.136. The molecule has 0 aliphatic rings. The maximum Gasteiger partial charge on any atom is 0.311 e. The summed E-state index contributed by atoms with van der Waals surface area (Å²) < 4.78 is 10.8. The van der Waals surface area contributed by atoms with Gasteiger partial charge in [-0.15, -0.1) is 0 Å². The van der Waals surface area contributed by atoms with Crippen LogP contribution in [0.5, 0.6) is 11.5 Å². The number of nitrogens with one attached hydrogen (secondary N) is 1. The van der Waals surface area contributed by atoms with Gasteiger partial charge in [0.25, 0.3) is 0 Å². The van der Waals surface area contributed by atoms with E-state index in [1.165, 1.54) is 0 Å². The molecule has 3 aromatic carbocycles. The predicted molar refractivity (Wildman–Crippen MR) is 103 cm³/mol. The van der Waals surface area contributed by atoms with E-state index in [-0.39, 0.29) is 5.97 Å². The molecule has 1 aromatic heterocycles. The summed E-state index contributed by atoms with van der Waals surface area (Å²) in [5.41, 5.74) is 2.21. The van der Waals surface area contributed by atoms with Gasteiger partial charge < -0.3 is 14.5 Å². The van der Waals surface area contributed by atoms with Crippen LogP contribution >= 0.6 is 0 Å².